The third kappa shape index (κ3) is 11.9. The molecule has 0 radical (unpaired) electrons. The third-order valence-electron chi connectivity index (χ3n) is 4.77. The van der Waals surface area contributed by atoms with Crippen molar-refractivity contribution in [2.75, 3.05) is 18.1 Å². The van der Waals surface area contributed by atoms with Crippen molar-refractivity contribution in [1.82, 2.24) is 0 Å². The fraction of sp³-hybridized carbons (Fsp3) is 0.727. The Kier molecular flexibility index (Phi) is 12.7. The molecule has 1 aromatic carbocycles. The van der Waals surface area contributed by atoms with Gasteiger partial charge in [-0.15, -0.1) is 0 Å². The molecule has 0 spiro atoms. The molecule has 0 aliphatic rings. The molecule has 144 valence electrons. The molecule has 0 saturated carbocycles. The summed E-state index contributed by atoms with van der Waals surface area (Å²) in [6.07, 6.45) is 13.3. The van der Waals surface area contributed by atoms with E-state index in [1.54, 1.807) is 5.19 Å². The number of hydrogen-bond donors (Lipinski definition) is 1. The van der Waals surface area contributed by atoms with E-state index in [1.807, 2.05) is 11.8 Å². The normalized spacial score (nSPS) is 11.8. The SMILES string of the molecule is C[Si](C)(C)c1ccc(CCCCCCCCCCSCCCO)cc1. The Morgan fingerprint density at radius 2 is 1.24 bits per heavy atom. The summed E-state index contributed by atoms with van der Waals surface area (Å²) in [7, 11) is -1.14. The molecule has 1 nitrogen and oxygen atoms in total. The van der Waals surface area contributed by atoms with Gasteiger partial charge in [-0.2, -0.15) is 11.8 Å². The average molecular weight is 381 g/mol. The highest BCUT2D eigenvalue weighted by molar-refractivity contribution is 7.99. The largest absolute Gasteiger partial charge is 0.396 e. The molecule has 0 aromatic heterocycles. The second-order valence-electron chi connectivity index (χ2n) is 8.21. The molecular formula is C22H40OSSi. The highest BCUT2D eigenvalue weighted by atomic mass is 32.2. The van der Waals surface area contributed by atoms with Gasteiger partial charge < -0.3 is 5.11 Å². The van der Waals surface area contributed by atoms with Crippen LogP contribution in [0.1, 0.15) is 63.4 Å². The van der Waals surface area contributed by atoms with Crippen LogP contribution in [-0.4, -0.2) is 31.3 Å². The van der Waals surface area contributed by atoms with Crippen molar-refractivity contribution < 1.29 is 5.11 Å². The van der Waals surface area contributed by atoms with Crippen molar-refractivity contribution in [2.24, 2.45) is 0 Å². The summed E-state index contributed by atoms with van der Waals surface area (Å²) < 4.78 is 0. The van der Waals surface area contributed by atoms with E-state index in [9.17, 15) is 0 Å². The standard InChI is InChI=1S/C22H40OSSi/c1-25(2,3)22-16-14-21(15-17-22)13-10-8-6-4-5-7-9-11-19-24-20-12-18-23/h14-17,23H,4-13,18-20H2,1-3H3. The number of aliphatic hydroxyl groups is 1. The molecule has 0 amide bonds. The van der Waals surface area contributed by atoms with E-state index in [4.69, 9.17) is 5.11 Å². The molecule has 0 heterocycles. The van der Waals surface area contributed by atoms with Gasteiger partial charge in [0.2, 0.25) is 0 Å². The molecule has 25 heavy (non-hydrogen) atoms. The zero-order chi connectivity index (χ0) is 18.4. The first-order valence-corrected chi connectivity index (χ1v) is 15.0. The van der Waals surface area contributed by atoms with Crippen molar-refractivity contribution in [2.45, 2.75) is 83.8 Å². The van der Waals surface area contributed by atoms with E-state index in [2.05, 4.69) is 43.9 Å². The first-order chi connectivity index (χ1) is 12.0. The van der Waals surface area contributed by atoms with Crippen LogP contribution < -0.4 is 5.19 Å². The molecule has 0 bridgehead atoms. The Bertz CT molecular complexity index is 425. The monoisotopic (exact) mass is 380 g/mol. The second-order valence-corrected chi connectivity index (χ2v) is 14.5. The third-order valence-corrected chi connectivity index (χ3v) is 7.99. The Balaban J connectivity index is 1.92. The number of hydrogen-bond acceptors (Lipinski definition) is 2. The fourth-order valence-electron chi connectivity index (χ4n) is 3.03. The quantitative estimate of drug-likeness (QED) is 0.297. The van der Waals surface area contributed by atoms with Crippen LogP contribution in [0.15, 0.2) is 24.3 Å². The Labute approximate surface area is 162 Å². The van der Waals surface area contributed by atoms with Gasteiger partial charge in [-0.25, -0.2) is 0 Å². The highest BCUT2D eigenvalue weighted by Crippen LogP contribution is 2.13. The van der Waals surface area contributed by atoms with Crippen LogP contribution in [0.2, 0.25) is 19.6 Å². The summed E-state index contributed by atoms with van der Waals surface area (Å²) in [6.45, 7) is 7.59. The lowest BCUT2D eigenvalue weighted by atomic mass is 10.0. The molecule has 1 aromatic rings. The minimum Gasteiger partial charge on any atom is -0.396 e. The van der Waals surface area contributed by atoms with Gasteiger partial charge >= 0.3 is 0 Å². The van der Waals surface area contributed by atoms with E-state index in [-0.39, 0.29) is 0 Å². The van der Waals surface area contributed by atoms with Crippen molar-refractivity contribution in [3.63, 3.8) is 0 Å². The molecular weight excluding hydrogens is 340 g/mol. The molecule has 0 aliphatic carbocycles. The first kappa shape index (κ1) is 22.8. The van der Waals surface area contributed by atoms with E-state index < -0.39 is 8.07 Å². The minimum atomic E-state index is -1.14. The Morgan fingerprint density at radius 1 is 0.720 bits per heavy atom. The molecule has 0 aliphatic heterocycles. The maximum Gasteiger partial charge on any atom is 0.0775 e. The van der Waals surface area contributed by atoms with Gasteiger partial charge in [0.1, 0.15) is 0 Å². The van der Waals surface area contributed by atoms with Gasteiger partial charge in [0.05, 0.1) is 8.07 Å². The molecule has 3 heteroatoms. The topological polar surface area (TPSA) is 20.2 Å². The first-order valence-electron chi connectivity index (χ1n) is 10.3. The number of unbranched alkanes of at least 4 members (excludes halogenated alkanes) is 7. The molecule has 0 fully saturated rings. The predicted octanol–water partition coefficient (Wildman–Crippen LogP) is 6.01. The van der Waals surface area contributed by atoms with Crippen molar-refractivity contribution in [1.29, 1.82) is 0 Å². The summed E-state index contributed by atoms with van der Waals surface area (Å²) in [4.78, 5) is 0. The molecule has 1 rings (SSSR count). The van der Waals surface area contributed by atoms with E-state index in [1.165, 1.54) is 69.1 Å². The van der Waals surface area contributed by atoms with E-state index in [0.717, 1.165) is 12.2 Å². The van der Waals surface area contributed by atoms with Gasteiger partial charge in [0.25, 0.3) is 0 Å². The van der Waals surface area contributed by atoms with Crippen LogP contribution in [0, 0.1) is 0 Å². The summed E-state index contributed by atoms with van der Waals surface area (Å²) >= 11 is 1.99. The van der Waals surface area contributed by atoms with Crippen molar-refractivity contribution in [3.05, 3.63) is 29.8 Å². The highest BCUT2D eigenvalue weighted by Gasteiger charge is 2.15. The average Bonchev–Trinajstić information content (AvgIpc) is 2.58. The number of aryl methyl sites for hydroxylation is 1. The predicted molar refractivity (Wildman–Crippen MR) is 119 cm³/mol. The number of rotatable bonds is 15. The van der Waals surface area contributed by atoms with Crippen LogP contribution in [0.25, 0.3) is 0 Å². The molecule has 1 N–H and O–H groups in total. The Hall–Kier alpha value is -0.253. The Morgan fingerprint density at radius 3 is 1.80 bits per heavy atom. The summed E-state index contributed by atoms with van der Waals surface area (Å²) in [5, 5.41) is 10.3. The van der Waals surface area contributed by atoms with Crippen molar-refractivity contribution >= 4 is 25.0 Å². The van der Waals surface area contributed by atoms with Gasteiger partial charge in [-0.05, 0) is 42.8 Å². The van der Waals surface area contributed by atoms with E-state index >= 15 is 0 Å². The van der Waals surface area contributed by atoms with Crippen LogP contribution in [0.5, 0.6) is 0 Å². The zero-order valence-electron chi connectivity index (χ0n) is 16.9. The van der Waals surface area contributed by atoms with Gasteiger partial charge in [0.15, 0.2) is 0 Å². The minimum absolute atomic E-state index is 0.344. The molecule has 0 unspecified atom stereocenters. The second kappa shape index (κ2) is 13.9. The lowest BCUT2D eigenvalue weighted by Crippen LogP contribution is -2.37. The van der Waals surface area contributed by atoms with E-state index in [0.29, 0.717) is 6.61 Å². The zero-order valence-corrected chi connectivity index (χ0v) is 18.7. The number of thioether (sulfide) groups is 1. The van der Waals surface area contributed by atoms with Crippen molar-refractivity contribution in [3.8, 4) is 0 Å². The maximum absolute atomic E-state index is 8.72. The van der Waals surface area contributed by atoms with Crippen LogP contribution >= 0.6 is 11.8 Å². The lowest BCUT2D eigenvalue weighted by Gasteiger charge is -2.16. The molecule has 0 atom stereocenters. The fourth-order valence-corrected chi connectivity index (χ4v) is 5.15. The summed E-state index contributed by atoms with van der Waals surface area (Å²) in [6, 6.07) is 9.44. The maximum atomic E-state index is 8.72. The summed E-state index contributed by atoms with van der Waals surface area (Å²) in [5.74, 6) is 2.40. The van der Waals surface area contributed by atoms with Gasteiger partial charge in [0, 0.05) is 6.61 Å². The summed E-state index contributed by atoms with van der Waals surface area (Å²) in [5.41, 5.74) is 1.51. The van der Waals surface area contributed by atoms with Gasteiger partial charge in [-0.3, -0.25) is 0 Å². The number of aliphatic hydroxyl groups excluding tert-OH is 1. The van der Waals surface area contributed by atoms with Crippen LogP contribution in [0.3, 0.4) is 0 Å². The smallest absolute Gasteiger partial charge is 0.0775 e. The van der Waals surface area contributed by atoms with Crippen LogP contribution in [0.4, 0.5) is 0 Å². The van der Waals surface area contributed by atoms with Crippen LogP contribution in [-0.2, 0) is 6.42 Å². The molecule has 0 saturated heterocycles. The number of benzene rings is 1. The van der Waals surface area contributed by atoms with Gasteiger partial charge in [-0.1, -0.05) is 87.6 Å². The lowest BCUT2D eigenvalue weighted by molar-refractivity contribution is 0.296.